The molecule has 0 aromatic heterocycles. The third-order valence-corrected chi connectivity index (χ3v) is 0.262. The molecule has 0 aliphatic carbocycles. The van der Waals surface area contributed by atoms with Crippen molar-refractivity contribution in [2.24, 2.45) is 0 Å². The summed E-state index contributed by atoms with van der Waals surface area (Å²) < 4.78 is 0. The number of hydrogen-bond acceptors (Lipinski definition) is 3. The van der Waals surface area contributed by atoms with Crippen LogP contribution in [0, 0.1) is 11.5 Å². The van der Waals surface area contributed by atoms with Crippen molar-refractivity contribution >= 4 is 0 Å². The van der Waals surface area contributed by atoms with Crippen LogP contribution in [0.15, 0.2) is 0 Å². The molecular weight excluding hydrogens is 80.0 g/mol. The third-order valence-electron chi connectivity index (χ3n) is 0.262. The van der Waals surface area contributed by atoms with Gasteiger partial charge in [0.25, 0.3) is 0 Å². The molecule has 0 unspecified atom stereocenters. The minimum atomic E-state index is 0.521. The average molecular weight is 86.1 g/mol. The van der Waals surface area contributed by atoms with E-state index < -0.39 is 0 Å². The molecule has 0 rings (SSSR count). The summed E-state index contributed by atoms with van der Waals surface area (Å²) in [5.74, 6) is 0. The van der Waals surface area contributed by atoms with Crippen LogP contribution < -0.4 is 5.48 Å². The van der Waals surface area contributed by atoms with E-state index in [2.05, 4.69) is 4.84 Å². The molecule has 3 heteroatoms. The molecule has 0 saturated carbocycles. The number of nitrogens with zero attached hydrogens (tertiary/aromatic N) is 1. The van der Waals surface area contributed by atoms with Crippen molar-refractivity contribution in [1.82, 2.24) is 5.48 Å². The zero-order valence-corrected chi connectivity index (χ0v) is 3.56. The standard InChI is InChI=1S/C3H6N2O/c1-2-6-5-3-4/h5H,2H2,1H3. The molecule has 6 heavy (non-hydrogen) atoms. The molecule has 0 atom stereocenters. The van der Waals surface area contributed by atoms with Gasteiger partial charge < -0.3 is 0 Å². The van der Waals surface area contributed by atoms with Gasteiger partial charge in [0.15, 0.2) is 0 Å². The van der Waals surface area contributed by atoms with Gasteiger partial charge in [0.05, 0.1) is 6.61 Å². The van der Waals surface area contributed by atoms with Gasteiger partial charge in [-0.25, -0.2) is 5.48 Å². The van der Waals surface area contributed by atoms with E-state index in [4.69, 9.17) is 5.26 Å². The first-order valence-electron chi connectivity index (χ1n) is 1.67. The Morgan fingerprint density at radius 3 is 2.83 bits per heavy atom. The molecule has 0 fully saturated rings. The van der Waals surface area contributed by atoms with Crippen LogP contribution in [-0.2, 0) is 4.84 Å². The van der Waals surface area contributed by atoms with Gasteiger partial charge in [-0.1, -0.05) is 0 Å². The lowest BCUT2D eigenvalue weighted by Crippen LogP contribution is -2.04. The second-order valence-electron chi connectivity index (χ2n) is 0.647. The van der Waals surface area contributed by atoms with Crippen molar-refractivity contribution in [2.75, 3.05) is 6.61 Å². The Labute approximate surface area is 36.5 Å². The minimum Gasteiger partial charge on any atom is -0.267 e. The van der Waals surface area contributed by atoms with Gasteiger partial charge in [0.1, 0.15) is 0 Å². The maximum absolute atomic E-state index is 7.71. The summed E-state index contributed by atoms with van der Waals surface area (Å²) in [5.41, 5.74) is 2.00. The van der Waals surface area contributed by atoms with E-state index in [0.717, 1.165) is 0 Å². The van der Waals surface area contributed by atoms with Crippen molar-refractivity contribution in [2.45, 2.75) is 6.92 Å². The Balaban J connectivity index is 2.54. The van der Waals surface area contributed by atoms with E-state index in [0.29, 0.717) is 6.61 Å². The largest absolute Gasteiger partial charge is 0.267 e. The van der Waals surface area contributed by atoms with Crippen molar-refractivity contribution in [3.63, 3.8) is 0 Å². The highest BCUT2D eigenvalue weighted by Gasteiger charge is 1.66. The predicted octanol–water partition coefficient (Wildman–Crippen LogP) is 0.00858. The van der Waals surface area contributed by atoms with Gasteiger partial charge in [0.2, 0.25) is 6.19 Å². The molecular formula is C3H6N2O. The number of hydrogen-bond donors (Lipinski definition) is 1. The summed E-state index contributed by atoms with van der Waals surface area (Å²) >= 11 is 0. The molecule has 0 amide bonds. The van der Waals surface area contributed by atoms with Crippen LogP contribution in [0.4, 0.5) is 0 Å². The minimum absolute atomic E-state index is 0.521. The predicted molar refractivity (Wildman–Crippen MR) is 20.4 cm³/mol. The highest BCUT2D eigenvalue weighted by atomic mass is 16.6. The second kappa shape index (κ2) is 4.25. The molecule has 0 aliphatic rings. The molecule has 3 nitrogen and oxygen atoms in total. The van der Waals surface area contributed by atoms with Crippen LogP contribution in [0.25, 0.3) is 0 Å². The Bertz CT molecular complexity index is 56.3. The summed E-state index contributed by atoms with van der Waals surface area (Å²) in [6, 6.07) is 0. The fourth-order valence-electron chi connectivity index (χ4n) is 0.104. The van der Waals surface area contributed by atoms with Gasteiger partial charge in [0, 0.05) is 0 Å². The van der Waals surface area contributed by atoms with Crippen LogP contribution >= 0.6 is 0 Å². The molecule has 0 heterocycles. The first kappa shape index (κ1) is 5.25. The van der Waals surface area contributed by atoms with Crippen molar-refractivity contribution in [3.05, 3.63) is 0 Å². The van der Waals surface area contributed by atoms with Crippen LogP contribution in [0.5, 0.6) is 0 Å². The quantitative estimate of drug-likeness (QED) is 0.223. The smallest absolute Gasteiger partial charge is 0.202 e. The number of nitrogens with one attached hydrogen (secondary N) is 1. The van der Waals surface area contributed by atoms with Crippen molar-refractivity contribution < 1.29 is 4.84 Å². The number of nitriles is 1. The van der Waals surface area contributed by atoms with Crippen LogP contribution in [0.1, 0.15) is 6.92 Å². The maximum atomic E-state index is 7.71. The number of rotatable bonds is 2. The zero-order valence-electron chi connectivity index (χ0n) is 3.56. The van der Waals surface area contributed by atoms with Crippen LogP contribution in [0.3, 0.4) is 0 Å². The highest BCUT2D eigenvalue weighted by molar-refractivity contribution is 4.52. The van der Waals surface area contributed by atoms with E-state index in [1.165, 1.54) is 0 Å². The summed E-state index contributed by atoms with van der Waals surface area (Å²) in [5, 5.41) is 7.71. The van der Waals surface area contributed by atoms with Gasteiger partial charge in [-0.2, -0.15) is 5.26 Å². The fraction of sp³-hybridized carbons (Fsp3) is 0.667. The summed E-state index contributed by atoms with van der Waals surface area (Å²) in [6.07, 6.45) is 1.60. The number of hydroxylamine groups is 1. The highest BCUT2D eigenvalue weighted by Crippen LogP contribution is 1.55. The molecule has 0 aromatic rings. The Morgan fingerprint density at radius 1 is 2.00 bits per heavy atom. The molecule has 34 valence electrons. The van der Waals surface area contributed by atoms with E-state index >= 15 is 0 Å². The SMILES string of the molecule is CCONC#N. The average Bonchev–Trinajstić information content (AvgIpc) is 1.61. The van der Waals surface area contributed by atoms with Crippen molar-refractivity contribution in [3.8, 4) is 6.19 Å². The van der Waals surface area contributed by atoms with Gasteiger partial charge in [-0.15, -0.1) is 0 Å². The summed E-state index contributed by atoms with van der Waals surface area (Å²) in [6.45, 7) is 2.32. The van der Waals surface area contributed by atoms with E-state index in [1.54, 1.807) is 13.1 Å². The maximum Gasteiger partial charge on any atom is 0.202 e. The van der Waals surface area contributed by atoms with Gasteiger partial charge in [-0.3, -0.25) is 4.84 Å². The van der Waals surface area contributed by atoms with E-state index in [9.17, 15) is 0 Å². The molecule has 0 spiro atoms. The first-order valence-corrected chi connectivity index (χ1v) is 1.67. The lowest BCUT2D eigenvalue weighted by Gasteiger charge is -1.87. The summed E-state index contributed by atoms with van der Waals surface area (Å²) in [7, 11) is 0. The van der Waals surface area contributed by atoms with E-state index in [-0.39, 0.29) is 0 Å². The molecule has 0 saturated heterocycles. The fourth-order valence-corrected chi connectivity index (χ4v) is 0.104. The molecule has 0 radical (unpaired) electrons. The van der Waals surface area contributed by atoms with Crippen LogP contribution in [0.2, 0.25) is 0 Å². The van der Waals surface area contributed by atoms with Gasteiger partial charge in [-0.05, 0) is 6.92 Å². The Morgan fingerprint density at radius 2 is 2.67 bits per heavy atom. The third kappa shape index (κ3) is 3.25. The summed E-state index contributed by atoms with van der Waals surface area (Å²) in [4.78, 5) is 4.37. The van der Waals surface area contributed by atoms with E-state index in [1.807, 2.05) is 5.48 Å². The molecule has 0 aliphatic heterocycles. The zero-order chi connectivity index (χ0) is 4.83. The normalized spacial score (nSPS) is 6.67. The van der Waals surface area contributed by atoms with Crippen LogP contribution in [-0.4, -0.2) is 6.61 Å². The topological polar surface area (TPSA) is 45.0 Å². The second-order valence-corrected chi connectivity index (χ2v) is 0.647. The molecule has 0 bridgehead atoms. The lowest BCUT2D eigenvalue weighted by atomic mass is 10.9. The van der Waals surface area contributed by atoms with Crippen molar-refractivity contribution in [1.29, 1.82) is 5.26 Å². The first-order chi connectivity index (χ1) is 2.91. The molecule has 1 N–H and O–H groups in total. The molecule has 0 aromatic carbocycles. The van der Waals surface area contributed by atoms with Gasteiger partial charge >= 0.3 is 0 Å². The Kier molecular flexibility index (Phi) is 3.72. The lowest BCUT2D eigenvalue weighted by molar-refractivity contribution is 0.0881. The monoisotopic (exact) mass is 86.0 g/mol. The Hall–Kier alpha value is -0.750.